The van der Waals surface area contributed by atoms with E-state index in [4.69, 9.17) is 25.7 Å². The molecular weight excluding hydrogens is 862 g/mol. The molecule has 2 aliphatic heterocycles. The lowest BCUT2D eigenvalue weighted by Gasteiger charge is -2.48. The lowest BCUT2D eigenvalue weighted by molar-refractivity contribution is -0.289. The Hall–Kier alpha value is -4.46. The first kappa shape index (κ1) is 50.5. The number of halogens is 6. The number of aliphatic hydroxyl groups is 4. The van der Waals surface area contributed by atoms with Gasteiger partial charge in [0.2, 0.25) is 11.6 Å². The van der Waals surface area contributed by atoms with Crippen molar-refractivity contribution in [2.24, 2.45) is 21.5 Å². The number of nitrogens with two attached hydrogens (primary N) is 2. The van der Waals surface area contributed by atoms with E-state index in [0.717, 1.165) is 81.3 Å². The molecule has 2 saturated heterocycles. The molecule has 1 saturated carbocycles. The second kappa shape index (κ2) is 22.6. The fraction of sp³-hybridized carbons (Fsp3) is 0.610. The number of carbonyl (C=O) groups excluding carboxylic acids is 2. The third kappa shape index (κ3) is 13.1. The van der Waals surface area contributed by atoms with Gasteiger partial charge in [0.05, 0.1) is 55.2 Å². The third-order valence-corrected chi connectivity index (χ3v) is 11.1. The molecule has 1 aliphatic carbocycles. The predicted molar refractivity (Wildman–Crippen MR) is 221 cm³/mol. The summed E-state index contributed by atoms with van der Waals surface area (Å²) < 4.78 is 99.1. The summed E-state index contributed by atoms with van der Waals surface area (Å²) in [7, 11) is 0. The Balaban J connectivity index is 1.46. The maximum Gasteiger partial charge on any atom is 0.416 e. The summed E-state index contributed by atoms with van der Waals surface area (Å²) in [6, 6.07) is 1.60. The van der Waals surface area contributed by atoms with Crippen molar-refractivity contribution in [2.75, 3.05) is 37.0 Å². The van der Waals surface area contributed by atoms with Gasteiger partial charge in [-0.15, -0.1) is 0 Å². The van der Waals surface area contributed by atoms with E-state index in [1.54, 1.807) is 0 Å². The van der Waals surface area contributed by atoms with E-state index in [9.17, 15) is 56.4 Å². The van der Waals surface area contributed by atoms with Crippen LogP contribution in [0.1, 0.15) is 63.0 Å². The van der Waals surface area contributed by atoms with Gasteiger partial charge in [-0.1, -0.05) is 57.6 Å². The van der Waals surface area contributed by atoms with Crippen LogP contribution in [0, 0.1) is 0 Å². The first-order chi connectivity index (χ1) is 30.4. The largest absolute Gasteiger partial charge is 0.416 e. The van der Waals surface area contributed by atoms with Gasteiger partial charge >= 0.3 is 12.4 Å². The number of hydrogen-bond donors (Lipinski definition) is 10. The van der Waals surface area contributed by atoms with Gasteiger partial charge in [-0.2, -0.15) is 26.3 Å². The van der Waals surface area contributed by atoms with E-state index in [1.807, 2.05) is 0 Å². The Morgan fingerprint density at radius 2 is 1.33 bits per heavy atom. The number of aliphatic hydroxyl groups excluding tert-OH is 4. The Morgan fingerprint density at radius 1 is 0.781 bits per heavy atom. The normalized spacial score (nSPS) is 29.4. The molecule has 2 aromatic carbocycles. The van der Waals surface area contributed by atoms with E-state index >= 15 is 0 Å². The van der Waals surface area contributed by atoms with Crippen molar-refractivity contribution >= 4 is 34.9 Å². The highest BCUT2D eigenvalue weighted by molar-refractivity contribution is 6.49. The van der Waals surface area contributed by atoms with Crippen molar-refractivity contribution in [1.29, 1.82) is 0 Å². The van der Waals surface area contributed by atoms with Gasteiger partial charge in [-0.05, 0) is 49.4 Å². The fourth-order valence-corrected chi connectivity index (χ4v) is 7.69. The summed E-state index contributed by atoms with van der Waals surface area (Å²) in [5, 5.41) is 54.0. The van der Waals surface area contributed by atoms with Crippen molar-refractivity contribution in [2.45, 2.75) is 131 Å². The molecule has 11 atom stereocenters. The van der Waals surface area contributed by atoms with Crippen LogP contribution in [0.5, 0.6) is 0 Å². The van der Waals surface area contributed by atoms with Crippen molar-refractivity contribution in [3.05, 3.63) is 59.7 Å². The fourth-order valence-electron chi connectivity index (χ4n) is 7.69. The molecular formula is C41H56F6N8O9. The second-order valence-electron chi connectivity index (χ2n) is 15.8. The molecule has 0 amide bonds. The van der Waals surface area contributed by atoms with Gasteiger partial charge in [0.15, 0.2) is 18.2 Å². The van der Waals surface area contributed by atoms with Gasteiger partial charge in [0.1, 0.15) is 36.5 Å². The van der Waals surface area contributed by atoms with Crippen LogP contribution in [0.25, 0.3) is 0 Å². The molecule has 64 heavy (non-hydrogen) atoms. The van der Waals surface area contributed by atoms with Gasteiger partial charge < -0.3 is 62.1 Å². The van der Waals surface area contributed by atoms with E-state index < -0.39 is 127 Å². The van der Waals surface area contributed by atoms with Crippen molar-refractivity contribution in [3.8, 4) is 0 Å². The van der Waals surface area contributed by atoms with Crippen LogP contribution in [0.4, 0.5) is 37.7 Å². The Labute approximate surface area is 365 Å². The molecule has 2 unspecified atom stereocenters. The molecule has 0 bridgehead atoms. The minimum atomic E-state index is -4.70. The van der Waals surface area contributed by atoms with Crippen LogP contribution in [-0.4, -0.2) is 137 Å². The zero-order valence-corrected chi connectivity index (χ0v) is 34.9. The SMILES string of the molecule is CCCCCCCCCNC1C(=O)C(=O)C1N[C@@H]1[C@H](O[C@@H]2O[C@H](CO)[C@@H](O)[C@H](O)[C@H]2N=C(N)Nc2cccc(C(F)(F)F)c2)[C@@H](N=C(N)Nc2cccc(C(F)(F)F)c2)CO[C@@H]1CO. The van der Waals surface area contributed by atoms with E-state index in [-0.39, 0.29) is 18.0 Å². The molecule has 5 rings (SSSR count). The summed E-state index contributed by atoms with van der Waals surface area (Å²) in [6.45, 7) is 0.582. The Morgan fingerprint density at radius 3 is 1.89 bits per heavy atom. The highest BCUT2D eigenvalue weighted by Gasteiger charge is 2.54. The van der Waals surface area contributed by atoms with E-state index in [1.165, 1.54) is 12.1 Å². The number of rotatable bonds is 19. The maximum absolute atomic E-state index is 13.5. The minimum absolute atomic E-state index is 0.0988. The highest BCUT2D eigenvalue weighted by Crippen LogP contribution is 2.34. The average molecular weight is 919 g/mol. The molecule has 0 spiro atoms. The summed E-state index contributed by atoms with van der Waals surface area (Å²) in [5.74, 6) is -2.50. The number of anilines is 2. The van der Waals surface area contributed by atoms with Crippen LogP contribution < -0.4 is 32.7 Å². The van der Waals surface area contributed by atoms with E-state index in [2.05, 4.69) is 38.2 Å². The molecule has 2 heterocycles. The van der Waals surface area contributed by atoms with Gasteiger partial charge in [0.25, 0.3) is 0 Å². The molecule has 3 fully saturated rings. The molecule has 12 N–H and O–H groups in total. The van der Waals surface area contributed by atoms with Crippen LogP contribution in [-0.2, 0) is 36.2 Å². The standard InChI is InChI=1S/C41H56F6N8O9/c1-2-3-4-5-6-7-8-15-50-29-30(34(60)33(29)59)54-28-26(18-56)62-20-25(53-38(48)51-23-13-9-11-21(16-23)40(42,43)44)36(28)64-37-31(35(61)32(58)27(19-57)63-37)55-39(49)52-24-14-10-12-22(17-24)41(45,46)47/h9-14,16-17,25-32,35-37,50,54,56-58,61H,2-8,15,18-20H2,1H3,(H3,48,51,53)(H3,49,52,55)/t25-,26+,27+,28-,29?,30?,31+,32+,35+,36+,37-/m0/s1. The van der Waals surface area contributed by atoms with Gasteiger partial charge in [-0.3, -0.25) is 14.9 Å². The van der Waals surface area contributed by atoms with Crippen molar-refractivity contribution in [3.63, 3.8) is 0 Å². The zero-order chi connectivity index (χ0) is 46.8. The van der Waals surface area contributed by atoms with Crippen LogP contribution in [0.3, 0.4) is 0 Å². The lowest BCUT2D eigenvalue weighted by Crippen LogP contribution is -2.75. The first-order valence-electron chi connectivity index (χ1n) is 21.0. The van der Waals surface area contributed by atoms with Crippen LogP contribution in [0.15, 0.2) is 58.5 Å². The predicted octanol–water partition coefficient (Wildman–Crippen LogP) is 2.02. The zero-order valence-electron chi connectivity index (χ0n) is 34.9. The summed E-state index contributed by atoms with van der Waals surface area (Å²) in [4.78, 5) is 34.6. The topological polar surface area (TPSA) is 268 Å². The molecule has 23 heteroatoms. The van der Waals surface area contributed by atoms with Crippen LogP contribution >= 0.6 is 0 Å². The van der Waals surface area contributed by atoms with Crippen LogP contribution in [0.2, 0.25) is 0 Å². The number of benzene rings is 2. The quantitative estimate of drug-likeness (QED) is 0.0318. The number of alkyl halides is 6. The monoisotopic (exact) mass is 918 g/mol. The number of ketones is 2. The number of nitrogens with one attached hydrogen (secondary N) is 4. The second-order valence-corrected chi connectivity index (χ2v) is 15.8. The average Bonchev–Trinajstić information content (AvgIpc) is 3.25. The van der Waals surface area contributed by atoms with E-state index in [0.29, 0.717) is 6.54 Å². The molecule has 0 aromatic heterocycles. The number of ether oxygens (including phenoxy) is 3. The van der Waals surface area contributed by atoms with Gasteiger partial charge in [-0.25, -0.2) is 9.98 Å². The number of unbranched alkanes of at least 4 members (excludes halogenated alkanes) is 6. The lowest BCUT2D eigenvalue weighted by atomic mass is 9.81. The smallest absolute Gasteiger partial charge is 0.394 e. The number of hydrogen-bond acceptors (Lipinski definition) is 13. The van der Waals surface area contributed by atoms with Gasteiger partial charge in [0, 0.05) is 11.4 Å². The molecule has 3 aliphatic rings. The number of Topliss-reactive ketones (excluding diaryl/α,β-unsaturated/α-hetero) is 2. The van der Waals surface area contributed by atoms with Crippen molar-refractivity contribution in [1.82, 2.24) is 10.6 Å². The molecule has 2 aromatic rings. The molecule has 356 valence electrons. The highest BCUT2D eigenvalue weighted by atomic mass is 19.4. The molecule has 0 radical (unpaired) electrons. The maximum atomic E-state index is 13.5. The number of carbonyl (C=O) groups is 2. The third-order valence-electron chi connectivity index (χ3n) is 11.1. The Bertz CT molecular complexity index is 1930. The summed E-state index contributed by atoms with van der Waals surface area (Å²) >= 11 is 0. The van der Waals surface area contributed by atoms with Crippen molar-refractivity contribution < 1.29 is 70.6 Å². The Kier molecular flexibility index (Phi) is 17.9. The number of guanidine groups is 2. The number of aliphatic imine (C=N–C) groups is 2. The minimum Gasteiger partial charge on any atom is -0.394 e. The summed E-state index contributed by atoms with van der Waals surface area (Å²) in [5.41, 5.74) is 10.1. The molecule has 17 nitrogen and oxygen atoms in total. The number of nitrogens with zero attached hydrogens (tertiary/aromatic N) is 2. The summed E-state index contributed by atoms with van der Waals surface area (Å²) in [6.07, 6.45) is -12.0. The first-order valence-corrected chi connectivity index (χ1v) is 21.0.